The molecule has 0 amide bonds. The number of rotatable bonds is 4. The van der Waals surface area contributed by atoms with Crippen molar-refractivity contribution in [1.82, 2.24) is 0 Å². The molecule has 0 N–H and O–H groups in total. The summed E-state index contributed by atoms with van der Waals surface area (Å²) in [7, 11) is 1.59. The minimum Gasteiger partial charge on any atom is -0.497 e. The highest BCUT2D eigenvalue weighted by atomic mass is 16.7. The molecule has 0 radical (unpaired) electrons. The van der Waals surface area contributed by atoms with Crippen LogP contribution in [0.5, 0.6) is 5.75 Å². The standard InChI is InChI=1S/C15H20O4/c1-6-13(18-14(16)19-15(2,3)4)11-7-9-12(17-5)10-8-11/h6-10,13H,1H2,2-5H3. The van der Waals surface area contributed by atoms with E-state index in [4.69, 9.17) is 14.2 Å². The molecular formula is C15H20O4. The lowest BCUT2D eigenvalue weighted by molar-refractivity contribution is -0.0188. The van der Waals surface area contributed by atoms with Crippen LogP contribution in [0, 0.1) is 0 Å². The van der Waals surface area contributed by atoms with Crippen molar-refractivity contribution in [2.45, 2.75) is 32.5 Å². The van der Waals surface area contributed by atoms with Crippen LogP contribution in [-0.4, -0.2) is 18.9 Å². The van der Waals surface area contributed by atoms with Gasteiger partial charge in [-0.05, 0) is 44.5 Å². The fourth-order valence-electron chi connectivity index (χ4n) is 1.42. The Morgan fingerprint density at radius 2 is 1.84 bits per heavy atom. The van der Waals surface area contributed by atoms with Gasteiger partial charge in [-0.15, -0.1) is 0 Å². The fraction of sp³-hybridized carbons (Fsp3) is 0.400. The highest BCUT2D eigenvalue weighted by Crippen LogP contribution is 2.23. The number of carbonyl (C=O) groups excluding carboxylic acids is 1. The van der Waals surface area contributed by atoms with E-state index in [9.17, 15) is 4.79 Å². The van der Waals surface area contributed by atoms with Crippen molar-refractivity contribution >= 4 is 6.16 Å². The average molecular weight is 264 g/mol. The van der Waals surface area contributed by atoms with Crippen molar-refractivity contribution < 1.29 is 19.0 Å². The number of ether oxygens (including phenoxy) is 3. The smallest absolute Gasteiger partial charge is 0.497 e. The molecule has 1 rings (SSSR count). The van der Waals surface area contributed by atoms with E-state index in [2.05, 4.69) is 6.58 Å². The van der Waals surface area contributed by atoms with Gasteiger partial charge in [-0.2, -0.15) is 0 Å². The monoisotopic (exact) mass is 264 g/mol. The van der Waals surface area contributed by atoms with Crippen LogP contribution >= 0.6 is 0 Å². The van der Waals surface area contributed by atoms with Crippen LogP contribution in [0.3, 0.4) is 0 Å². The summed E-state index contributed by atoms with van der Waals surface area (Å²) in [4.78, 5) is 11.6. The molecular weight excluding hydrogens is 244 g/mol. The summed E-state index contributed by atoms with van der Waals surface area (Å²) in [6.07, 6.45) is 0.292. The van der Waals surface area contributed by atoms with E-state index >= 15 is 0 Å². The first kappa shape index (κ1) is 15.1. The van der Waals surface area contributed by atoms with Crippen LogP contribution in [0.15, 0.2) is 36.9 Å². The van der Waals surface area contributed by atoms with E-state index in [0.29, 0.717) is 0 Å². The average Bonchev–Trinajstić information content (AvgIpc) is 2.34. The quantitative estimate of drug-likeness (QED) is 0.611. The van der Waals surface area contributed by atoms with Crippen LogP contribution in [0.1, 0.15) is 32.4 Å². The lowest BCUT2D eigenvalue weighted by Gasteiger charge is -2.21. The minimum atomic E-state index is -0.715. The van der Waals surface area contributed by atoms with Crippen molar-refractivity contribution in [2.24, 2.45) is 0 Å². The van der Waals surface area contributed by atoms with Gasteiger partial charge in [0, 0.05) is 0 Å². The minimum absolute atomic E-state index is 0.541. The molecule has 0 heterocycles. The SMILES string of the molecule is C=CC(OC(=O)OC(C)(C)C)c1ccc(OC)cc1. The van der Waals surface area contributed by atoms with Gasteiger partial charge >= 0.3 is 6.16 Å². The molecule has 0 spiro atoms. The highest BCUT2D eigenvalue weighted by Gasteiger charge is 2.20. The van der Waals surface area contributed by atoms with Crippen LogP contribution < -0.4 is 4.74 Å². The van der Waals surface area contributed by atoms with Crippen molar-refractivity contribution in [1.29, 1.82) is 0 Å². The summed E-state index contributed by atoms with van der Waals surface area (Å²) in [5.74, 6) is 0.740. The maximum atomic E-state index is 11.6. The first-order valence-corrected chi connectivity index (χ1v) is 6.02. The predicted octanol–water partition coefficient (Wildman–Crippen LogP) is 3.87. The maximum absolute atomic E-state index is 11.6. The molecule has 19 heavy (non-hydrogen) atoms. The van der Waals surface area contributed by atoms with Gasteiger partial charge < -0.3 is 14.2 Å². The summed E-state index contributed by atoms with van der Waals surface area (Å²) in [6.45, 7) is 9.01. The Morgan fingerprint density at radius 1 is 1.26 bits per heavy atom. The zero-order valence-corrected chi connectivity index (χ0v) is 11.8. The third-order valence-electron chi connectivity index (χ3n) is 2.27. The Kier molecular flexibility index (Phi) is 4.98. The van der Waals surface area contributed by atoms with Gasteiger partial charge in [0.15, 0.2) is 0 Å². The van der Waals surface area contributed by atoms with Gasteiger partial charge in [0.2, 0.25) is 0 Å². The van der Waals surface area contributed by atoms with Crippen molar-refractivity contribution in [3.8, 4) is 5.75 Å². The van der Waals surface area contributed by atoms with E-state index in [1.54, 1.807) is 46.1 Å². The van der Waals surface area contributed by atoms with E-state index in [1.165, 1.54) is 0 Å². The largest absolute Gasteiger partial charge is 0.509 e. The second-order valence-electron chi connectivity index (χ2n) is 5.01. The molecule has 0 aliphatic heterocycles. The normalized spacial score (nSPS) is 12.4. The number of hydrogen-bond acceptors (Lipinski definition) is 4. The molecule has 0 saturated heterocycles. The third-order valence-corrected chi connectivity index (χ3v) is 2.27. The summed E-state index contributed by atoms with van der Waals surface area (Å²) in [5.41, 5.74) is 0.226. The molecule has 0 fully saturated rings. The summed E-state index contributed by atoms with van der Waals surface area (Å²) < 4.78 is 15.4. The van der Waals surface area contributed by atoms with Crippen LogP contribution in [-0.2, 0) is 9.47 Å². The molecule has 1 aromatic carbocycles. The van der Waals surface area contributed by atoms with Gasteiger partial charge in [-0.1, -0.05) is 18.7 Å². The summed E-state index contributed by atoms with van der Waals surface area (Å²) >= 11 is 0. The summed E-state index contributed by atoms with van der Waals surface area (Å²) in [6, 6.07) is 7.22. The van der Waals surface area contributed by atoms with Gasteiger partial charge in [-0.3, -0.25) is 0 Å². The first-order valence-electron chi connectivity index (χ1n) is 6.02. The molecule has 0 aliphatic carbocycles. The molecule has 1 unspecified atom stereocenters. The van der Waals surface area contributed by atoms with Gasteiger partial charge in [0.1, 0.15) is 17.5 Å². The summed E-state index contributed by atoms with van der Waals surface area (Å²) in [5, 5.41) is 0. The van der Waals surface area contributed by atoms with Gasteiger partial charge in [-0.25, -0.2) is 4.79 Å². The Labute approximate surface area is 114 Å². The molecule has 0 bridgehead atoms. The van der Waals surface area contributed by atoms with Crippen LogP contribution in [0.2, 0.25) is 0 Å². The Hall–Kier alpha value is -1.97. The molecule has 0 aliphatic rings. The van der Waals surface area contributed by atoms with Gasteiger partial charge in [0.05, 0.1) is 7.11 Å². The maximum Gasteiger partial charge on any atom is 0.509 e. The van der Waals surface area contributed by atoms with Crippen molar-refractivity contribution in [3.05, 3.63) is 42.5 Å². The second-order valence-corrected chi connectivity index (χ2v) is 5.01. The van der Waals surface area contributed by atoms with E-state index in [-0.39, 0.29) is 0 Å². The fourth-order valence-corrected chi connectivity index (χ4v) is 1.42. The van der Waals surface area contributed by atoms with E-state index in [0.717, 1.165) is 11.3 Å². The Bertz CT molecular complexity index is 428. The second kappa shape index (κ2) is 6.27. The van der Waals surface area contributed by atoms with Crippen molar-refractivity contribution in [2.75, 3.05) is 7.11 Å². The lowest BCUT2D eigenvalue weighted by atomic mass is 10.1. The molecule has 0 saturated carbocycles. The first-order chi connectivity index (χ1) is 8.85. The van der Waals surface area contributed by atoms with E-state index < -0.39 is 17.9 Å². The zero-order chi connectivity index (χ0) is 14.5. The number of methoxy groups -OCH3 is 1. The molecule has 4 heteroatoms. The molecule has 1 aromatic rings. The number of hydrogen-bond donors (Lipinski definition) is 0. The number of carbonyl (C=O) groups is 1. The van der Waals surface area contributed by atoms with Crippen molar-refractivity contribution in [3.63, 3.8) is 0 Å². The number of benzene rings is 1. The Morgan fingerprint density at radius 3 is 2.26 bits per heavy atom. The van der Waals surface area contributed by atoms with E-state index in [1.807, 2.05) is 12.1 Å². The Balaban J connectivity index is 2.72. The molecule has 104 valence electrons. The third kappa shape index (κ3) is 5.04. The van der Waals surface area contributed by atoms with Gasteiger partial charge in [0.25, 0.3) is 0 Å². The molecule has 1 atom stereocenters. The highest BCUT2D eigenvalue weighted by molar-refractivity contribution is 5.61. The zero-order valence-electron chi connectivity index (χ0n) is 11.8. The topological polar surface area (TPSA) is 44.8 Å². The van der Waals surface area contributed by atoms with Crippen LogP contribution in [0.4, 0.5) is 4.79 Å². The molecule has 0 aromatic heterocycles. The molecule has 4 nitrogen and oxygen atoms in total. The van der Waals surface area contributed by atoms with Crippen LogP contribution in [0.25, 0.3) is 0 Å². The predicted molar refractivity (Wildman–Crippen MR) is 73.3 cm³/mol. The lowest BCUT2D eigenvalue weighted by Crippen LogP contribution is -2.25.